The first-order chi connectivity index (χ1) is 16.6. The molecular formula is C31H30NOP. The van der Waals surface area contributed by atoms with E-state index in [0.29, 0.717) is 6.54 Å². The van der Waals surface area contributed by atoms with Crippen LogP contribution < -0.4 is 21.2 Å². The zero-order valence-corrected chi connectivity index (χ0v) is 20.6. The lowest BCUT2D eigenvalue weighted by molar-refractivity contribution is -0.114. The van der Waals surface area contributed by atoms with Crippen molar-refractivity contribution in [2.45, 2.75) is 13.8 Å². The molecule has 0 aliphatic heterocycles. The molecule has 0 unspecified atom stereocenters. The molecule has 0 aliphatic rings. The van der Waals surface area contributed by atoms with Gasteiger partial charge in [0.05, 0.1) is 5.29 Å². The fraction of sp³-hybridized carbons (Fsp3) is 0.0968. The van der Waals surface area contributed by atoms with Crippen LogP contribution in [0.5, 0.6) is 0 Å². The molecule has 0 fully saturated rings. The molecule has 2 nitrogen and oxygen atoms in total. The third-order valence-corrected chi connectivity index (χ3v) is 10.2. The van der Waals surface area contributed by atoms with Crippen LogP contribution in [0, 0.1) is 0 Å². The Balaban J connectivity index is 2.19. The number of carbonyl (C=O) groups is 1. The zero-order valence-electron chi connectivity index (χ0n) is 19.7. The Hall–Kier alpha value is -3.61. The van der Waals surface area contributed by atoms with Gasteiger partial charge in [-0.3, -0.25) is 4.79 Å². The van der Waals surface area contributed by atoms with E-state index >= 15 is 0 Å². The molecule has 0 heterocycles. The quantitative estimate of drug-likeness (QED) is 0.293. The van der Waals surface area contributed by atoms with E-state index in [4.69, 9.17) is 0 Å². The summed E-state index contributed by atoms with van der Waals surface area (Å²) in [6.07, 6.45) is 2.05. The molecule has 0 aliphatic carbocycles. The highest BCUT2D eigenvalue weighted by Crippen LogP contribution is 2.47. The van der Waals surface area contributed by atoms with Crippen LogP contribution in [0.25, 0.3) is 0 Å². The first-order valence-electron chi connectivity index (χ1n) is 11.5. The van der Waals surface area contributed by atoms with Crippen molar-refractivity contribution >= 4 is 34.0 Å². The Morgan fingerprint density at radius 1 is 0.647 bits per heavy atom. The minimum absolute atomic E-state index is 0.0337. The number of benzene rings is 4. The van der Waals surface area contributed by atoms with Gasteiger partial charge in [-0.05, 0) is 42.2 Å². The number of amides is 1. The fourth-order valence-electron chi connectivity index (χ4n) is 4.29. The lowest BCUT2D eigenvalue weighted by Gasteiger charge is -2.32. The van der Waals surface area contributed by atoms with Gasteiger partial charge in [-0.25, -0.2) is 0 Å². The van der Waals surface area contributed by atoms with Crippen LogP contribution in [0.15, 0.2) is 133 Å². The van der Waals surface area contributed by atoms with Gasteiger partial charge in [0.25, 0.3) is 5.91 Å². The molecule has 4 rings (SSSR count). The predicted molar refractivity (Wildman–Crippen MR) is 148 cm³/mol. The molecule has 0 spiro atoms. The standard InChI is InChI=1S/C31H30NOP/c1-25(2)23-24-32-31(33)30(26-15-7-3-8-16-26)34(27-17-9-4-10-18-27,28-19-11-5-12-20-28)29-21-13-6-14-22-29/h3-23H,24H2,1-2H3,(H,32,33). The second kappa shape index (κ2) is 11.0. The van der Waals surface area contributed by atoms with Gasteiger partial charge in [0, 0.05) is 6.54 Å². The Labute approximate surface area is 203 Å². The maximum absolute atomic E-state index is 14.1. The smallest absolute Gasteiger partial charge is 0.253 e. The van der Waals surface area contributed by atoms with E-state index in [2.05, 4.69) is 90.2 Å². The summed E-state index contributed by atoms with van der Waals surface area (Å²) in [4.78, 5) is 14.1. The first kappa shape index (κ1) is 23.5. The van der Waals surface area contributed by atoms with E-state index in [0.717, 1.165) is 26.8 Å². The average molecular weight is 464 g/mol. The third kappa shape index (κ3) is 4.83. The molecule has 34 heavy (non-hydrogen) atoms. The largest absolute Gasteiger partial charge is 0.348 e. The monoisotopic (exact) mass is 463 g/mol. The van der Waals surface area contributed by atoms with E-state index in [9.17, 15) is 4.79 Å². The maximum atomic E-state index is 14.1. The van der Waals surface area contributed by atoms with Gasteiger partial charge in [-0.2, -0.15) is 0 Å². The number of rotatable bonds is 7. The summed E-state index contributed by atoms with van der Waals surface area (Å²) in [5, 5.41) is 7.49. The fourth-order valence-corrected chi connectivity index (χ4v) is 8.74. The Morgan fingerprint density at radius 3 is 1.41 bits per heavy atom. The van der Waals surface area contributed by atoms with Crippen molar-refractivity contribution < 1.29 is 4.79 Å². The normalized spacial score (nSPS) is 10.9. The highest BCUT2D eigenvalue weighted by molar-refractivity contribution is 7.96. The summed E-state index contributed by atoms with van der Waals surface area (Å²) in [5.41, 5.74) is 2.12. The number of allylic oxidation sites excluding steroid dienone is 1. The van der Waals surface area contributed by atoms with E-state index in [1.807, 2.05) is 56.3 Å². The SMILES string of the molecule is CC(C)=CCNC(=O)C(c1ccccc1)=P(c1ccccc1)(c1ccccc1)c1ccccc1. The van der Waals surface area contributed by atoms with E-state index in [-0.39, 0.29) is 5.91 Å². The van der Waals surface area contributed by atoms with Crippen molar-refractivity contribution in [2.75, 3.05) is 6.54 Å². The minimum Gasteiger partial charge on any atom is -0.348 e. The minimum atomic E-state index is -2.52. The number of hydrogen-bond donors (Lipinski definition) is 1. The van der Waals surface area contributed by atoms with Gasteiger partial charge in [-0.1, -0.05) is 133 Å². The molecule has 0 saturated carbocycles. The van der Waals surface area contributed by atoms with Crippen molar-refractivity contribution in [3.8, 4) is 0 Å². The zero-order chi connectivity index (χ0) is 23.8. The highest BCUT2D eigenvalue weighted by atomic mass is 31.2. The Morgan fingerprint density at radius 2 is 1.03 bits per heavy atom. The molecule has 3 heteroatoms. The van der Waals surface area contributed by atoms with Crippen molar-refractivity contribution in [3.05, 3.63) is 139 Å². The molecule has 0 radical (unpaired) electrons. The summed E-state index contributed by atoms with van der Waals surface area (Å²) in [6, 6.07) is 41.6. The molecule has 0 aromatic heterocycles. The maximum Gasteiger partial charge on any atom is 0.253 e. The summed E-state index contributed by atoms with van der Waals surface area (Å²) >= 11 is 0. The number of carbonyl (C=O) groups excluding carboxylic acids is 1. The van der Waals surface area contributed by atoms with Crippen LogP contribution in [-0.4, -0.2) is 17.7 Å². The molecule has 0 saturated heterocycles. The van der Waals surface area contributed by atoms with Gasteiger partial charge < -0.3 is 5.32 Å². The van der Waals surface area contributed by atoms with Crippen LogP contribution in [0.1, 0.15) is 19.4 Å². The van der Waals surface area contributed by atoms with Crippen molar-refractivity contribution in [1.29, 1.82) is 0 Å². The molecule has 1 N–H and O–H groups in total. The van der Waals surface area contributed by atoms with Crippen LogP contribution >= 0.6 is 6.89 Å². The van der Waals surface area contributed by atoms with Crippen molar-refractivity contribution in [3.63, 3.8) is 0 Å². The summed E-state index contributed by atoms with van der Waals surface area (Å²) in [5.74, 6) is -0.0337. The molecule has 4 aromatic carbocycles. The van der Waals surface area contributed by atoms with Crippen LogP contribution in [0.4, 0.5) is 0 Å². The number of nitrogens with one attached hydrogen (secondary N) is 1. The molecule has 0 bridgehead atoms. The molecule has 4 aromatic rings. The van der Waals surface area contributed by atoms with Crippen LogP contribution in [0.2, 0.25) is 0 Å². The van der Waals surface area contributed by atoms with E-state index < -0.39 is 6.89 Å². The van der Waals surface area contributed by atoms with Gasteiger partial charge in [0.15, 0.2) is 0 Å². The summed E-state index contributed by atoms with van der Waals surface area (Å²) < 4.78 is 0. The summed E-state index contributed by atoms with van der Waals surface area (Å²) in [7, 11) is 0. The van der Waals surface area contributed by atoms with E-state index in [1.54, 1.807) is 0 Å². The van der Waals surface area contributed by atoms with Gasteiger partial charge in [0.2, 0.25) is 0 Å². The average Bonchev–Trinajstić information content (AvgIpc) is 2.89. The van der Waals surface area contributed by atoms with Gasteiger partial charge in [-0.15, -0.1) is 0 Å². The summed E-state index contributed by atoms with van der Waals surface area (Å²) in [6.45, 7) is 2.06. The first-order valence-corrected chi connectivity index (χ1v) is 13.3. The van der Waals surface area contributed by atoms with Crippen LogP contribution in [-0.2, 0) is 4.79 Å². The van der Waals surface area contributed by atoms with Gasteiger partial charge >= 0.3 is 0 Å². The number of hydrogen-bond acceptors (Lipinski definition) is 1. The van der Waals surface area contributed by atoms with E-state index in [1.165, 1.54) is 5.57 Å². The molecule has 0 atom stereocenters. The lowest BCUT2D eigenvalue weighted by Crippen LogP contribution is -2.39. The third-order valence-electron chi connectivity index (χ3n) is 5.80. The Bertz CT molecular complexity index is 1200. The van der Waals surface area contributed by atoms with Crippen LogP contribution in [0.3, 0.4) is 0 Å². The van der Waals surface area contributed by atoms with Crippen molar-refractivity contribution in [1.82, 2.24) is 5.32 Å². The molecule has 170 valence electrons. The van der Waals surface area contributed by atoms with Crippen molar-refractivity contribution in [2.24, 2.45) is 0 Å². The second-order valence-corrected chi connectivity index (χ2v) is 11.7. The highest BCUT2D eigenvalue weighted by Gasteiger charge is 2.33. The molecular weight excluding hydrogens is 433 g/mol. The molecule has 1 amide bonds. The lowest BCUT2D eigenvalue weighted by atomic mass is 10.1. The van der Waals surface area contributed by atoms with Gasteiger partial charge in [0.1, 0.15) is 0 Å². The Kier molecular flexibility index (Phi) is 7.62. The topological polar surface area (TPSA) is 29.1 Å². The second-order valence-electron chi connectivity index (χ2n) is 8.38. The predicted octanol–water partition coefficient (Wildman–Crippen LogP) is 5.28.